The predicted octanol–water partition coefficient (Wildman–Crippen LogP) is 5.53. The molecule has 3 rings (SSSR count). The van der Waals surface area contributed by atoms with E-state index in [9.17, 15) is 4.79 Å². The number of ether oxygens (including phenoxy) is 2. The molecule has 1 aliphatic carbocycles. The van der Waals surface area contributed by atoms with Crippen LogP contribution in [0.15, 0.2) is 42.3 Å². The number of carbonyl (C=O) groups excluding carboxylic acids is 1. The summed E-state index contributed by atoms with van der Waals surface area (Å²) in [7, 11) is 1.33. The van der Waals surface area contributed by atoms with Gasteiger partial charge in [-0.25, -0.2) is 4.79 Å². The molecule has 0 aliphatic heterocycles. The third-order valence-corrected chi connectivity index (χ3v) is 5.09. The molecule has 4 nitrogen and oxygen atoms in total. The van der Waals surface area contributed by atoms with Gasteiger partial charge in [0.15, 0.2) is 0 Å². The molecule has 0 amide bonds. The smallest absolute Gasteiger partial charge is 0.437 e. The molecule has 0 fully saturated rings. The summed E-state index contributed by atoms with van der Waals surface area (Å²) >= 11 is 0. The highest BCUT2D eigenvalue weighted by atomic mass is 16.7. The highest BCUT2D eigenvalue weighted by Crippen LogP contribution is 2.42. The zero-order valence-electron chi connectivity index (χ0n) is 16.8. The van der Waals surface area contributed by atoms with Crippen LogP contribution in [0.5, 0.6) is 0 Å². The minimum absolute atomic E-state index is 0.218. The highest BCUT2D eigenvalue weighted by Gasteiger charge is 2.28. The Morgan fingerprint density at radius 1 is 1.21 bits per heavy atom. The molecule has 1 heterocycles. The second-order valence-corrected chi connectivity index (χ2v) is 7.01. The van der Waals surface area contributed by atoms with Crippen molar-refractivity contribution in [2.75, 3.05) is 7.11 Å². The summed E-state index contributed by atoms with van der Waals surface area (Å²) in [5, 5.41) is 0. The van der Waals surface area contributed by atoms with Crippen molar-refractivity contribution in [3.8, 4) is 11.8 Å². The lowest BCUT2D eigenvalue weighted by Gasteiger charge is -2.28. The van der Waals surface area contributed by atoms with Crippen molar-refractivity contribution in [1.29, 1.82) is 0 Å². The van der Waals surface area contributed by atoms with Crippen molar-refractivity contribution < 1.29 is 14.3 Å². The van der Waals surface area contributed by atoms with Gasteiger partial charge in [-0.05, 0) is 80.1 Å². The van der Waals surface area contributed by atoms with Crippen molar-refractivity contribution in [2.24, 2.45) is 0 Å². The molecule has 0 saturated carbocycles. The largest absolute Gasteiger partial charge is 0.513 e. The van der Waals surface area contributed by atoms with Gasteiger partial charge in [0, 0.05) is 29.8 Å². The molecular weight excluding hydrogens is 350 g/mol. The van der Waals surface area contributed by atoms with Gasteiger partial charge in [-0.1, -0.05) is 12.0 Å². The fourth-order valence-electron chi connectivity index (χ4n) is 3.94. The highest BCUT2D eigenvalue weighted by molar-refractivity contribution is 5.76. The average molecular weight is 375 g/mol. The Labute approximate surface area is 166 Å². The molecule has 0 N–H and O–H groups in total. The first kappa shape index (κ1) is 19.7. The van der Waals surface area contributed by atoms with Gasteiger partial charge in [0.2, 0.25) is 0 Å². The third-order valence-electron chi connectivity index (χ3n) is 5.09. The monoisotopic (exact) mass is 375 g/mol. The summed E-state index contributed by atoms with van der Waals surface area (Å²) in [4.78, 5) is 16.4. The van der Waals surface area contributed by atoms with E-state index in [1.807, 2.05) is 25.1 Å². The van der Waals surface area contributed by atoms with Gasteiger partial charge in [-0.15, -0.1) is 5.92 Å². The lowest BCUT2D eigenvalue weighted by Crippen LogP contribution is -2.16. The van der Waals surface area contributed by atoms with Crippen molar-refractivity contribution in [3.05, 3.63) is 70.2 Å². The first-order valence-corrected chi connectivity index (χ1v) is 9.46. The summed E-state index contributed by atoms with van der Waals surface area (Å²) in [6.45, 7) is 6.00. The molecule has 0 radical (unpaired) electrons. The summed E-state index contributed by atoms with van der Waals surface area (Å²) < 4.78 is 10.4. The van der Waals surface area contributed by atoms with E-state index in [0.29, 0.717) is 12.2 Å². The van der Waals surface area contributed by atoms with E-state index < -0.39 is 6.16 Å². The molecule has 0 spiro atoms. The summed E-state index contributed by atoms with van der Waals surface area (Å²) in [5.41, 5.74) is 6.50. The molecule has 4 heteroatoms. The maximum absolute atomic E-state index is 11.9. The van der Waals surface area contributed by atoms with Gasteiger partial charge < -0.3 is 9.47 Å². The van der Waals surface area contributed by atoms with Gasteiger partial charge in [0.05, 0.1) is 7.11 Å². The molecule has 28 heavy (non-hydrogen) atoms. The molecule has 2 aromatic rings. The van der Waals surface area contributed by atoms with E-state index in [-0.39, 0.29) is 5.92 Å². The van der Waals surface area contributed by atoms with E-state index in [1.165, 1.54) is 7.11 Å². The van der Waals surface area contributed by atoms with Gasteiger partial charge in [0.25, 0.3) is 0 Å². The molecule has 1 unspecified atom stereocenters. The standard InChI is InChI=1S/C24H25NO3/c1-5-8-18-13-16(2)23(17(3)14-18)20-11-10-19(21-9-6-7-12-25-21)15-22(20)28-24(26)27-4/h6-7,9,12-14,19H,10-11,15H2,1-4H3. The topological polar surface area (TPSA) is 48.4 Å². The molecule has 1 aliphatic rings. The maximum Gasteiger partial charge on any atom is 0.513 e. The number of hydrogen-bond donors (Lipinski definition) is 0. The van der Waals surface area contributed by atoms with Crippen LogP contribution < -0.4 is 0 Å². The fraction of sp³-hybridized carbons (Fsp3) is 0.333. The van der Waals surface area contributed by atoms with Crippen molar-refractivity contribution >= 4 is 11.7 Å². The molecule has 1 atom stereocenters. The number of allylic oxidation sites excluding steroid dienone is 2. The number of hydrogen-bond acceptors (Lipinski definition) is 4. The summed E-state index contributed by atoms with van der Waals surface area (Å²) in [5.74, 6) is 6.96. The Balaban J connectivity index is 2.04. The molecule has 0 bridgehead atoms. The van der Waals surface area contributed by atoms with E-state index >= 15 is 0 Å². The van der Waals surface area contributed by atoms with Crippen LogP contribution in [-0.4, -0.2) is 18.2 Å². The number of benzene rings is 1. The normalized spacial score (nSPS) is 16.2. The van der Waals surface area contributed by atoms with Gasteiger partial charge >= 0.3 is 6.16 Å². The summed E-state index contributed by atoms with van der Waals surface area (Å²) in [6, 6.07) is 10.1. The first-order valence-electron chi connectivity index (χ1n) is 9.46. The zero-order chi connectivity index (χ0) is 20.1. The number of carbonyl (C=O) groups is 1. The fourth-order valence-corrected chi connectivity index (χ4v) is 3.94. The third kappa shape index (κ3) is 4.26. The van der Waals surface area contributed by atoms with Gasteiger partial charge in [0.1, 0.15) is 5.76 Å². The predicted molar refractivity (Wildman–Crippen MR) is 110 cm³/mol. The average Bonchev–Trinajstić information content (AvgIpc) is 2.69. The van der Waals surface area contributed by atoms with Crippen LogP contribution >= 0.6 is 0 Å². The lowest BCUT2D eigenvalue weighted by molar-refractivity contribution is 0.0933. The second-order valence-electron chi connectivity index (χ2n) is 7.01. The first-order chi connectivity index (χ1) is 13.5. The summed E-state index contributed by atoms with van der Waals surface area (Å²) in [6.07, 6.45) is 3.51. The quantitative estimate of drug-likeness (QED) is 0.523. The molecule has 144 valence electrons. The minimum Gasteiger partial charge on any atom is -0.437 e. The number of rotatable bonds is 3. The molecule has 1 aromatic carbocycles. The molecular formula is C24H25NO3. The lowest BCUT2D eigenvalue weighted by atomic mass is 9.80. The number of aromatic nitrogens is 1. The minimum atomic E-state index is -0.682. The number of pyridine rings is 1. The van der Waals surface area contributed by atoms with Crippen LogP contribution in [0.3, 0.4) is 0 Å². The Bertz CT molecular complexity index is 941. The van der Waals surface area contributed by atoms with Crippen molar-refractivity contribution in [2.45, 2.75) is 46.0 Å². The number of nitrogens with zero attached hydrogens (tertiary/aromatic N) is 1. The van der Waals surface area contributed by atoms with Crippen molar-refractivity contribution in [1.82, 2.24) is 4.98 Å². The Morgan fingerprint density at radius 3 is 2.57 bits per heavy atom. The Hall–Kier alpha value is -3.06. The second kappa shape index (κ2) is 8.75. The van der Waals surface area contributed by atoms with E-state index in [1.54, 1.807) is 6.20 Å². The van der Waals surface area contributed by atoms with E-state index in [2.05, 4.69) is 42.8 Å². The zero-order valence-corrected chi connectivity index (χ0v) is 16.8. The Morgan fingerprint density at radius 2 is 1.96 bits per heavy atom. The number of methoxy groups -OCH3 is 1. The van der Waals surface area contributed by atoms with Crippen LogP contribution in [0, 0.1) is 25.7 Å². The Kier molecular flexibility index (Phi) is 6.16. The van der Waals surface area contributed by atoms with E-state index in [0.717, 1.165) is 46.4 Å². The van der Waals surface area contributed by atoms with Crippen LogP contribution in [0.1, 0.15) is 60.1 Å². The SMILES string of the molecule is CC#Cc1cc(C)c(C2=C(OC(=O)OC)CC(c3ccccn3)CC2)c(C)c1. The number of aryl methyl sites for hydroxylation is 2. The van der Waals surface area contributed by atoms with Crippen molar-refractivity contribution in [3.63, 3.8) is 0 Å². The van der Waals surface area contributed by atoms with Gasteiger partial charge in [-0.3, -0.25) is 4.98 Å². The molecule has 1 aromatic heterocycles. The van der Waals surface area contributed by atoms with Gasteiger partial charge in [-0.2, -0.15) is 0 Å². The maximum atomic E-state index is 11.9. The van der Waals surface area contributed by atoms with Crippen LogP contribution in [0.2, 0.25) is 0 Å². The van der Waals surface area contributed by atoms with Crippen LogP contribution in [0.25, 0.3) is 5.57 Å². The van der Waals surface area contributed by atoms with Crippen LogP contribution in [-0.2, 0) is 9.47 Å². The molecule has 0 saturated heterocycles. The van der Waals surface area contributed by atoms with E-state index in [4.69, 9.17) is 9.47 Å². The van der Waals surface area contributed by atoms with Crippen LogP contribution in [0.4, 0.5) is 4.79 Å².